The molecule has 0 atom stereocenters. The Morgan fingerprint density at radius 1 is 1.14 bits per heavy atom. The van der Waals surface area contributed by atoms with E-state index in [0.717, 1.165) is 23.7 Å². The first kappa shape index (κ1) is 14.4. The monoisotopic (exact) mass is 322 g/mol. The number of nitrogens with zero attached hydrogens (tertiary/aromatic N) is 1. The minimum absolute atomic E-state index is 0.353. The highest BCUT2D eigenvalue weighted by molar-refractivity contribution is 7.94. The van der Waals surface area contributed by atoms with Crippen LogP contribution in [0.25, 0.3) is 0 Å². The van der Waals surface area contributed by atoms with Crippen molar-refractivity contribution in [1.82, 2.24) is 0 Å². The van der Waals surface area contributed by atoms with Crippen LogP contribution in [0.3, 0.4) is 0 Å². The van der Waals surface area contributed by atoms with Crippen molar-refractivity contribution in [2.24, 2.45) is 0 Å². The van der Waals surface area contributed by atoms with E-state index in [1.54, 1.807) is 12.1 Å². The Morgan fingerprint density at radius 2 is 1.90 bits per heavy atom. The summed E-state index contributed by atoms with van der Waals surface area (Å²) >= 11 is 1.28. The van der Waals surface area contributed by atoms with Crippen LogP contribution in [0.15, 0.2) is 40.6 Å². The van der Waals surface area contributed by atoms with Gasteiger partial charge in [-0.2, -0.15) is 0 Å². The van der Waals surface area contributed by atoms with Gasteiger partial charge < -0.3 is 4.90 Å². The molecular formula is C15H18N2O2S2. The van der Waals surface area contributed by atoms with Crippen molar-refractivity contribution < 1.29 is 8.42 Å². The van der Waals surface area contributed by atoms with Crippen LogP contribution in [0, 0.1) is 6.92 Å². The zero-order valence-corrected chi connectivity index (χ0v) is 13.5. The number of thiophene rings is 1. The van der Waals surface area contributed by atoms with Crippen molar-refractivity contribution in [3.05, 3.63) is 41.3 Å². The van der Waals surface area contributed by atoms with Crippen LogP contribution < -0.4 is 9.62 Å². The molecule has 112 valence electrons. The summed E-state index contributed by atoms with van der Waals surface area (Å²) in [6.45, 7) is 3.98. The molecule has 1 fully saturated rings. The standard InChI is InChI=1S/C15H18N2O2S2/c1-12-7-8-15(20-12)21(18,19)16-13-5-4-6-14(11-13)17-9-2-3-10-17/h4-8,11,16H,2-3,9-10H2,1H3. The summed E-state index contributed by atoms with van der Waals surface area (Å²) in [5.74, 6) is 0. The molecule has 1 N–H and O–H groups in total. The number of sulfonamides is 1. The molecule has 2 heterocycles. The first-order valence-electron chi connectivity index (χ1n) is 6.99. The Kier molecular flexibility index (Phi) is 3.91. The van der Waals surface area contributed by atoms with E-state index in [1.165, 1.54) is 24.2 Å². The molecule has 1 aliphatic heterocycles. The van der Waals surface area contributed by atoms with Gasteiger partial charge in [-0.1, -0.05) is 6.07 Å². The van der Waals surface area contributed by atoms with Crippen LogP contribution in [0.2, 0.25) is 0 Å². The second-order valence-corrected chi connectivity index (χ2v) is 8.41. The van der Waals surface area contributed by atoms with Crippen LogP contribution >= 0.6 is 11.3 Å². The maximum absolute atomic E-state index is 12.3. The van der Waals surface area contributed by atoms with Gasteiger partial charge in [-0.05, 0) is 50.1 Å². The van der Waals surface area contributed by atoms with E-state index in [1.807, 2.05) is 31.2 Å². The lowest BCUT2D eigenvalue weighted by molar-refractivity contribution is 0.603. The van der Waals surface area contributed by atoms with Gasteiger partial charge in [-0.25, -0.2) is 8.42 Å². The van der Waals surface area contributed by atoms with Crippen molar-refractivity contribution in [2.75, 3.05) is 22.7 Å². The quantitative estimate of drug-likeness (QED) is 0.938. The second kappa shape index (κ2) is 5.69. The molecule has 1 saturated heterocycles. The maximum Gasteiger partial charge on any atom is 0.271 e. The van der Waals surface area contributed by atoms with Gasteiger partial charge in [0.1, 0.15) is 4.21 Å². The Hall–Kier alpha value is -1.53. The van der Waals surface area contributed by atoms with Crippen LogP contribution in [0.1, 0.15) is 17.7 Å². The lowest BCUT2D eigenvalue weighted by atomic mass is 10.2. The van der Waals surface area contributed by atoms with E-state index in [-0.39, 0.29) is 0 Å². The summed E-state index contributed by atoms with van der Waals surface area (Å²) in [6, 6.07) is 11.1. The lowest BCUT2D eigenvalue weighted by Crippen LogP contribution is -2.18. The van der Waals surface area contributed by atoms with Gasteiger partial charge in [-0.15, -0.1) is 11.3 Å². The number of anilines is 2. The number of aryl methyl sites for hydroxylation is 1. The SMILES string of the molecule is Cc1ccc(S(=O)(=O)Nc2cccc(N3CCCC3)c2)s1. The van der Waals surface area contributed by atoms with Crippen LogP contribution in [-0.4, -0.2) is 21.5 Å². The van der Waals surface area contributed by atoms with Gasteiger partial charge in [-0.3, -0.25) is 4.72 Å². The first-order chi connectivity index (χ1) is 10.0. The number of hydrogen-bond donors (Lipinski definition) is 1. The van der Waals surface area contributed by atoms with Crippen LogP contribution in [-0.2, 0) is 10.0 Å². The van der Waals surface area contributed by atoms with E-state index in [9.17, 15) is 8.42 Å². The fourth-order valence-corrected chi connectivity index (χ4v) is 4.84. The molecule has 0 bridgehead atoms. The van der Waals surface area contributed by atoms with Crippen molar-refractivity contribution in [1.29, 1.82) is 0 Å². The summed E-state index contributed by atoms with van der Waals surface area (Å²) in [5, 5.41) is 0. The largest absolute Gasteiger partial charge is 0.371 e. The summed E-state index contributed by atoms with van der Waals surface area (Å²) in [4.78, 5) is 3.27. The molecule has 1 aliphatic rings. The maximum atomic E-state index is 12.3. The molecule has 3 rings (SSSR count). The number of benzene rings is 1. The predicted octanol–water partition coefficient (Wildman–Crippen LogP) is 3.46. The van der Waals surface area contributed by atoms with Crippen molar-refractivity contribution >= 4 is 32.7 Å². The Balaban J connectivity index is 1.83. The highest BCUT2D eigenvalue weighted by Gasteiger charge is 2.17. The molecule has 1 aromatic carbocycles. The average Bonchev–Trinajstić information content (AvgIpc) is 3.09. The lowest BCUT2D eigenvalue weighted by Gasteiger charge is -2.18. The molecular weight excluding hydrogens is 304 g/mol. The topological polar surface area (TPSA) is 49.4 Å². The number of nitrogens with one attached hydrogen (secondary N) is 1. The summed E-state index contributed by atoms with van der Waals surface area (Å²) in [6.07, 6.45) is 2.40. The fourth-order valence-electron chi connectivity index (χ4n) is 2.50. The second-order valence-electron chi connectivity index (χ2n) is 5.22. The van der Waals surface area contributed by atoms with Gasteiger partial charge >= 0.3 is 0 Å². The molecule has 0 spiro atoms. The minimum Gasteiger partial charge on any atom is -0.371 e. The molecule has 0 amide bonds. The van der Waals surface area contributed by atoms with E-state index in [2.05, 4.69) is 9.62 Å². The third-order valence-electron chi connectivity index (χ3n) is 3.55. The minimum atomic E-state index is -3.48. The smallest absolute Gasteiger partial charge is 0.271 e. The molecule has 21 heavy (non-hydrogen) atoms. The summed E-state index contributed by atoms with van der Waals surface area (Å²) < 4.78 is 27.7. The Morgan fingerprint density at radius 3 is 2.57 bits per heavy atom. The van der Waals surface area contributed by atoms with E-state index < -0.39 is 10.0 Å². The molecule has 2 aromatic rings. The normalized spacial score (nSPS) is 15.4. The van der Waals surface area contributed by atoms with Crippen LogP contribution in [0.4, 0.5) is 11.4 Å². The number of hydrogen-bond acceptors (Lipinski definition) is 4. The van der Waals surface area contributed by atoms with E-state index in [0.29, 0.717) is 9.90 Å². The summed E-state index contributed by atoms with van der Waals surface area (Å²) in [7, 11) is -3.48. The van der Waals surface area contributed by atoms with Crippen molar-refractivity contribution in [3.63, 3.8) is 0 Å². The fraction of sp³-hybridized carbons (Fsp3) is 0.333. The molecule has 6 heteroatoms. The zero-order valence-electron chi connectivity index (χ0n) is 11.9. The molecule has 0 aliphatic carbocycles. The zero-order chi connectivity index (χ0) is 14.9. The van der Waals surface area contributed by atoms with Gasteiger partial charge in [0.15, 0.2) is 0 Å². The average molecular weight is 322 g/mol. The third-order valence-corrected chi connectivity index (χ3v) is 6.42. The molecule has 0 unspecified atom stereocenters. The molecule has 1 aromatic heterocycles. The number of rotatable bonds is 4. The first-order valence-corrected chi connectivity index (χ1v) is 9.29. The highest BCUT2D eigenvalue weighted by atomic mass is 32.2. The van der Waals surface area contributed by atoms with Crippen molar-refractivity contribution in [3.8, 4) is 0 Å². The molecule has 0 saturated carbocycles. The van der Waals surface area contributed by atoms with Crippen LogP contribution in [0.5, 0.6) is 0 Å². The highest BCUT2D eigenvalue weighted by Crippen LogP contribution is 2.27. The third kappa shape index (κ3) is 3.22. The molecule has 4 nitrogen and oxygen atoms in total. The van der Waals surface area contributed by atoms with E-state index >= 15 is 0 Å². The van der Waals surface area contributed by atoms with Gasteiger partial charge in [0.25, 0.3) is 10.0 Å². The predicted molar refractivity (Wildman–Crippen MR) is 87.8 cm³/mol. The Bertz CT molecular complexity index is 732. The van der Waals surface area contributed by atoms with Gasteiger partial charge in [0.2, 0.25) is 0 Å². The van der Waals surface area contributed by atoms with E-state index in [4.69, 9.17) is 0 Å². The molecule has 0 radical (unpaired) electrons. The van der Waals surface area contributed by atoms with Gasteiger partial charge in [0.05, 0.1) is 5.69 Å². The van der Waals surface area contributed by atoms with Crippen molar-refractivity contribution in [2.45, 2.75) is 24.0 Å². The Labute approximate surface area is 129 Å². The summed E-state index contributed by atoms with van der Waals surface area (Å²) in [5.41, 5.74) is 1.69. The van der Waals surface area contributed by atoms with Gasteiger partial charge in [0, 0.05) is 23.7 Å².